The molecule has 1 aromatic heterocycles. The predicted octanol–water partition coefficient (Wildman–Crippen LogP) is 2.19. The van der Waals surface area contributed by atoms with E-state index in [2.05, 4.69) is 28.9 Å². The van der Waals surface area contributed by atoms with E-state index in [1.165, 1.54) is 0 Å². The average Bonchev–Trinajstić information content (AvgIpc) is 2.41. The molecule has 1 aliphatic rings. The Morgan fingerprint density at radius 2 is 2.05 bits per heavy atom. The molecule has 1 aromatic rings. The third-order valence-electron chi connectivity index (χ3n) is 4.13. The van der Waals surface area contributed by atoms with Gasteiger partial charge in [-0.25, -0.2) is 18.1 Å². The van der Waals surface area contributed by atoms with Crippen molar-refractivity contribution in [3.05, 3.63) is 23.9 Å². The van der Waals surface area contributed by atoms with E-state index in [9.17, 15) is 8.42 Å². The van der Waals surface area contributed by atoms with Crippen LogP contribution in [-0.2, 0) is 16.6 Å². The van der Waals surface area contributed by atoms with Crippen molar-refractivity contribution in [1.82, 2.24) is 15.0 Å². The van der Waals surface area contributed by atoms with Crippen LogP contribution in [0.25, 0.3) is 0 Å². The Morgan fingerprint density at radius 3 is 2.48 bits per heavy atom. The Balaban J connectivity index is 2.06. The van der Waals surface area contributed by atoms with E-state index in [-0.39, 0.29) is 10.6 Å². The molecule has 1 saturated carbocycles. The summed E-state index contributed by atoms with van der Waals surface area (Å²) in [5, 5.41) is 3.39. The van der Waals surface area contributed by atoms with E-state index in [0.717, 1.165) is 31.2 Å². The van der Waals surface area contributed by atoms with Crippen molar-refractivity contribution >= 4 is 10.0 Å². The van der Waals surface area contributed by atoms with Crippen molar-refractivity contribution in [2.75, 3.05) is 0 Å². The monoisotopic (exact) mass is 311 g/mol. The van der Waals surface area contributed by atoms with Gasteiger partial charge in [0.1, 0.15) is 0 Å². The third kappa shape index (κ3) is 4.02. The van der Waals surface area contributed by atoms with Gasteiger partial charge in [-0.15, -0.1) is 0 Å². The van der Waals surface area contributed by atoms with Crippen molar-refractivity contribution < 1.29 is 8.42 Å². The molecule has 21 heavy (non-hydrogen) atoms. The van der Waals surface area contributed by atoms with E-state index in [4.69, 9.17) is 0 Å². The minimum atomic E-state index is -3.52. The molecule has 0 atom stereocenters. The van der Waals surface area contributed by atoms with Crippen LogP contribution in [0, 0.1) is 0 Å². The zero-order valence-electron chi connectivity index (χ0n) is 13.0. The highest BCUT2D eigenvalue weighted by Gasteiger charge is 2.39. The summed E-state index contributed by atoms with van der Waals surface area (Å²) in [5.41, 5.74) is 0.731. The molecule has 0 bridgehead atoms. The molecule has 0 aromatic carbocycles. The van der Waals surface area contributed by atoms with Gasteiger partial charge in [0.2, 0.25) is 0 Å². The van der Waals surface area contributed by atoms with Crippen molar-refractivity contribution in [2.45, 2.75) is 69.6 Å². The molecule has 6 heteroatoms. The van der Waals surface area contributed by atoms with E-state index in [0.29, 0.717) is 12.6 Å². The summed E-state index contributed by atoms with van der Waals surface area (Å²) >= 11 is 0. The number of sulfonamides is 1. The minimum absolute atomic E-state index is 0.107. The average molecular weight is 311 g/mol. The largest absolute Gasteiger partial charge is 0.310 e. The fourth-order valence-corrected chi connectivity index (χ4v) is 3.93. The first kappa shape index (κ1) is 16.4. The minimum Gasteiger partial charge on any atom is -0.310 e. The lowest BCUT2D eigenvalue weighted by Gasteiger charge is -2.41. The summed E-state index contributed by atoms with van der Waals surface area (Å²) < 4.78 is 27.6. The molecule has 0 spiro atoms. The van der Waals surface area contributed by atoms with Crippen molar-refractivity contribution in [3.8, 4) is 0 Å². The number of nitrogens with zero attached hydrogens (tertiary/aromatic N) is 1. The molecule has 1 fully saturated rings. The normalized spacial score (nSPS) is 17.7. The maximum atomic E-state index is 12.4. The summed E-state index contributed by atoms with van der Waals surface area (Å²) in [4.78, 5) is 4.11. The molecule has 5 nitrogen and oxygen atoms in total. The van der Waals surface area contributed by atoms with Crippen LogP contribution in [-0.4, -0.2) is 25.0 Å². The quantitative estimate of drug-likeness (QED) is 0.810. The van der Waals surface area contributed by atoms with E-state index in [1.807, 2.05) is 13.0 Å². The maximum absolute atomic E-state index is 12.4. The molecular weight excluding hydrogens is 286 g/mol. The van der Waals surface area contributed by atoms with Crippen LogP contribution in [0.4, 0.5) is 0 Å². The van der Waals surface area contributed by atoms with Crippen LogP contribution < -0.4 is 10.0 Å². The van der Waals surface area contributed by atoms with Gasteiger partial charge >= 0.3 is 0 Å². The third-order valence-corrected chi connectivity index (χ3v) is 5.62. The second-order valence-electron chi connectivity index (χ2n) is 6.13. The molecule has 0 radical (unpaired) electrons. The maximum Gasteiger partial charge on any atom is 0.258 e. The van der Waals surface area contributed by atoms with Crippen LogP contribution in [0.5, 0.6) is 0 Å². The van der Waals surface area contributed by atoms with Crippen LogP contribution in [0.1, 0.15) is 52.0 Å². The number of nitrogens with one attached hydrogen (secondary N) is 2. The second kappa shape index (κ2) is 6.42. The zero-order valence-corrected chi connectivity index (χ0v) is 13.8. The molecule has 0 unspecified atom stereocenters. The summed E-state index contributed by atoms with van der Waals surface area (Å²) in [5.74, 6) is 0. The fraction of sp³-hybridized carbons (Fsp3) is 0.667. The van der Waals surface area contributed by atoms with Crippen LogP contribution in [0.15, 0.2) is 23.4 Å². The van der Waals surface area contributed by atoms with E-state index >= 15 is 0 Å². The first-order valence-electron chi connectivity index (χ1n) is 7.59. The Bertz CT molecular complexity index is 558. The lowest BCUT2D eigenvalue weighted by atomic mass is 9.76. The summed E-state index contributed by atoms with van der Waals surface area (Å²) in [6, 6.07) is 3.79. The Morgan fingerprint density at radius 1 is 1.33 bits per heavy atom. The van der Waals surface area contributed by atoms with Gasteiger partial charge in [-0.3, -0.25) is 0 Å². The van der Waals surface area contributed by atoms with Gasteiger partial charge in [-0.05, 0) is 37.3 Å². The van der Waals surface area contributed by atoms with Crippen LogP contribution >= 0.6 is 0 Å². The van der Waals surface area contributed by atoms with Gasteiger partial charge in [0.25, 0.3) is 10.0 Å². The highest BCUT2D eigenvalue weighted by Crippen LogP contribution is 2.35. The number of pyridine rings is 1. The number of rotatable bonds is 7. The lowest BCUT2D eigenvalue weighted by molar-refractivity contribution is 0.213. The second-order valence-corrected chi connectivity index (χ2v) is 7.76. The van der Waals surface area contributed by atoms with Crippen molar-refractivity contribution in [3.63, 3.8) is 0 Å². The summed E-state index contributed by atoms with van der Waals surface area (Å²) in [7, 11) is -3.52. The molecule has 1 aliphatic carbocycles. The SMILES string of the molecule is CCC1(NS(=O)(=O)c2ccc(CNC(C)C)cn2)CCC1. The standard InChI is InChI=1S/C15H25N3O2S/c1-4-15(8-5-9-15)18-21(19,20)14-7-6-13(11-17-14)10-16-12(2)3/h6-7,11-12,16,18H,4-5,8-10H2,1-3H3. The molecule has 1 heterocycles. The molecule has 0 amide bonds. The van der Waals surface area contributed by atoms with Gasteiger partial charge in [-0.2, -0.15) is 0 Å². The lowest BCUT2D eigenvalue weighted by Crippen LogP contribution is -2.52. The van der Waals surface area contributed by atoms with Gasteiger partial charge in [0.15, 0.2) is 5.03 Å². The smallest absolute Gasteiger partial charge is 0.258 e. The highest BCUT2D eigenvalue weighted by molar-refractivity contribution is 7.89. The van der Waals surface area contributed by atoms with E-state index in [1.54, 1.807) is 12.3 Å². The highest BCUT2D eigenvalue weighted by atomic mass is 32.2. The van der Waals surface area contributed by atoms with Gasteiger partial charge in [-0.1, -0.05) is 26.8 Å². The first-order valence-corrected chi connectivity index (χ1v) is 9.07. The summed E-state index contributed by atoms with van der Waals surface area (Å²) in [6.07, 6.45) is 5.37. The predicted molar refractivity (Wildman–Crippen MR) is 83.4 cm³/mol. The molecular formula is C15H25N3O2S. The van der Waals surface area contributed by atoms with Gasteiger partial charge < -0.3 is 5.32 Å². The zero-order chi connectivity index (χ0) is 15.5. The summed E-state index contributed by atoms with van der Waals surface area (Å²) in [6.45, 7) is 6.85. The molecule has 2 rings (SSSR count). The van der Waals surface area contributed by atoms with Gasteiger partial charge in [0, 0.05) is 24.3 Å². The molecule has 2 N–H and O–H groups in total. The Hall–Kier alpha value is -0.980. The number of hydrogen-bond acceptors (Lipinski definition) is 4. The number of hydrogen-bond donors (Lipinski definition) is 2. The van der Waals surface area contributed by atoms with Crippen molar-refractivity contribution in [2.24, 2.45) is 0 Å². The van der Waals surface area contributed by atoms with Crippen LogP contribution in [0.3, 0.4) is 0 Å². The van der Waals surface area contributed by atoms with Gasteiger partial charge in [0.05, 0.1) is 0 Å². The topological polar surface area (TPSA) is 71.1 Å². The van der Waals surface area contributed by atoms with Crippen LogP contribution in [0.2, 0.25) is 0 Å². The number of aromatic nitrogens is 1. The first-order chi connectivity index (χ1) is 9.87. The molecule has 118 valence electrons. The molecule has 0 saturated heterocycles. The molecule has 0 aliphatic heterocycles. The van der Waals surface area contributed by atoms with E-state index < -0.39 is 10.0 Å². The fourth-order valence-electron chi connectivity index (χ4n) is 2.47. The van der Waals surface area contributed by atoms with Crippen molar-refractivity contribution in [1.29, 1.82) is 0 Å². The Kier molecular flexibility index (Phi) is 5.01. The Labute approximate surface area is 127 Å².